The largest absolute Gasteiger partial charge is 0.418 e. The van der Waals surface area contributed by atoms with Crippen LogP contribution in [0, 0.1) is 17.5 Å². The lowest BCUT2D eigenvalue weighted by atomic mass is 10.0. The van der Waals surface area contributed by atoms with Crippen molar-refractivity contribution >= 4 is 16.6 Å². The Hall–Kier alpha value is -3.53. The average molecular weight is 575 g/mol. The van der Waals surface area contributed by atoms with Gasteiger partial charge in [-0.2, -0.15) is 18.3 Å². The Morgan fingerprint density at radius 1 is 0.951 bits per heavy atom. The van der Waals surface area contributed by atoms with Crippen LogP contribution in [0.5, 0.6) is 0 Å². The zero-order valence-corrected chi connectivity index (χ0v) is 22.7. The molecule has 1 fully saturated rings. The molecule has 0 spiro atoms. The SMILES string of the molecule is CCCCCCN1CC[C@@H](Nc2ccc(-c3c4cccc(C(F)(F)F)c4nn3Cc3c(F)cc(F)cc3F)cc2)C1. The first kappa shape index (κ1) is 29.0. The molecule has 41 heavy (non-hydrogen) atoms. The smallest absolute Gasteiger partial charge is 0.381 e. The highest BCUT2D eigenvalue weighted by Gasteiger charge is 2.35. The summed E-state index contributed by atoms with van der Waals surface area (Å²) in [5.74, 6) is -3.36. The molecule has 1 atom stereocenters. The van der Waals surface area contributed by atoms with E-state index >= 15 is 0 Å². The minimum absolute atomic E-state index is 0.193. The van der Waals surface area contributed by atoms with E-state index in [0.29, 0.717) is 17.7 Å². The van der Waals surface area contributed by atoms with Gasteiger partial charge in [0.2, 0.25) is 0 Å². The molecule has 0 amide bonds. The minimum atomic E-state index is -4.68. The molecular formula is C31H32F6N4. The molecule has 0 radical (unpaired) electrons. The number of hydrogen-bond acceptors (Lipinski definition) is 3. The normalized spacial score (nSPS) is 16.1. The highest BCUT2D eigenvalue weighted by atomic mass is 19.4. The molecule has 5 rings (SSSR count). The van der Waals surface area contributed by atoms with Crippen LogP contribution in [0.1, 0.15) is 50.2 Å². The Morgan fingerprint density at radius 3 is 2.37 bits per heavy atom. The number of rotatable bonds is 10. The number of alkyl halides is 3. The molecule has 10 heteroatoms. The van der Waals surface area contributed by atoms with E-state index in [2.05, 4.69) is 22.2 Å². The lowest BCUT2D eigenvalue weighted by molar-refractivity contribution is -0.136. The standard InChI is InChI=1S/C31H32F6N4/c1-2-3-4-5-14-40-15-13-23(18-40)38-22-11-9-20(10-12-22)30-24-7-6-8-26(31(35,36)37)29(24)39-41(30)19-25-27(33)16-21(32)17-28(25)34/h6-12,16-17,23,38H,2-5,13-15,18-19H2,1H3/t23-/m1/s1. The van der Waals surface area contributed by atoms with Gasteiger partial charge in [0, 0.05) is 53.5 Å². The third-order valence-corrected chi connectivity index (χ3v) is 7.62. The maximum atomic E-state index is 14.5. The van der Waals surface area contributed by atoms with E-state index in [0.717, 1.165) is 42.5 Å². The molecule has 0 saturated carbocycles. The van der Waals surface area contributed by atoms with E-state index < -0.39 is 41.3 Å². The summed E-state index contributed by atoms with van der Waals surface area (Å²) >= 11 is 0. The predicted octanol–water partition coefficient (Wildman–Crippen LogP) is 8.25. The molecule has 0 aliphatic carbocycles. The van der Waals surface area contributed by atoms with Crippen LogP contribution in [-0.4, -0.2) is 40.4 Å². The molecule has 4 aromatic rings. The number of nitrogens with one attached hydrogen (secondary N) is 1. The van der Waals surface area contributed by atoms with Crippen molar-refractivity contribution in [3.8, 4) is 11.3 Å². The molecular weight excluding hydrogens is 542 g/mol. The number of nitrogens with zero attached hydrogens (tertiary/aromatic N) is 3. The summed E-state index contributed by atoms with van der Waals surface area (Å²) in [6, 6.07) is 12.3. The van der Waals surface area contributed by atoms with Crippen molar-refractivity contribution in [3.05, 3.63) is 83.2 Å². The number of anilines is 1. The molecule has 1 aliphatic rings. The third-order valence-electron chi connectivity index (χ3n) is 7.62. The Kier molecular flexibility index (Phi) is 8.58. The maximum absolute atomic E-state index is 14.5. The minimum Gasteiger partial charge on any atom is -0.381 e. The van der Waals surface area contributed by atoms with Crippen LogP contribution in [0.25, 0.3) is 22.2 Å². The molecule has 0 bridgehead atoms. The van der Waals surface area contributed by atoms with Gasteiger partial charge in [-0.05, 0) is 37.6 Å². The fraction of sp³-hybridized carbons (Fsp3) is 0.387. The van der Waals surface area contributed by atoms with Gasteiger partial charge < -0.3 is 10.2 Å². The molecule has 3 aromatic carbocycles. The van der Waals surface area contributed by atoms with Crippen LogP contribution < -0.4 is 5.32 Å². The van der Waals surface area contributed by atoms with Gasteiger partial charge in [0.15, 0.2) is 0 Å². The van der Waals surface area contributed by atoms with Crippen molar-refractivity contribution < 1.29 is 26.3 Å². The number of benzene rings is 3. The van der Waals surface area contributed by atoms with Gasteiger partial charge >= 0.3 is 6.18 Å². The number of unbranched alkanes of at least 4 members (excludes halogenated alkanes) is 3. The van der Waals surface area contributed by atoms with Crippen LogP contribution in [0.15, 0.2) is 54.6 Å². The van der Waals surface area contributed by atoms with E-state index in [1.54, 1.807) is 12.1 Å². The Labute approximate surface area is 235 Å². The lowest BCUT2D eigenvalue weighted by Gasteiger charge is -2.17. The van der Waals surface area contributed by atoms with Crippen molar-refractivity contribution in [2.24, 2.45) is 0 Å². The van der Waals surface area contributed by atoms with Gasteiger partial charge in [0.05, 0.1) is 17.8 Å². The van der Waals surface area contributed by atoms with Crippen LogP contribution in [0.2, 0.25) is 0 Å². The topological polar surface area (TPSA) is 33.1 Å². The van der Waals surface area contributed by atoms with Crippen LogP contribution >= 0.6 is 0 Å². The fourth-order valence-electron chi connectivity index (χ4n) is 5.55. The zero-order chi connectivity index (χ0) is 29.1. The first-order valence-corrected chi connectivity index (χ1v) is 13.9. The molecule has 218 valence electrons. The van der Waals surface area contributed by atoms with Crippen LogP contribution in [0.3, 0.4) is 0 Å². The Morgan fingerprint density at radius 2 is 1.68 bits per heavy atom. The van der Waals surface area contributed by atoms with Crippen molar-refractivity contribution in [2.45, 2.75) is 57.8 Å². The van der Waals surface area contributed by atoms with Crippen molar-refractivity contribution in [1.82, 2.24) is 14.7 Å². The van der Waals surface area contributed by atoms with Gasteiger partial charge in [-0.1, -0.05) is 50.5 Å². The number of likely N-dealkylation sites (tertiary alicyclic amines) is 1. The summed E-state index contributed by atoms with van der Waals surface area (Å²) in [5, 5.41) is 7.88. The molecule has 0 unspecified atom stereocenters. The second-order valence-corrected chi connectivity index (χ2v) is 10.6. The summed E-state index contributed by atoms with van der Waals surface area (Å²) in [7, 11) is 0. The highest BCUT2D eigenvalue weighted by molar-refractivity contribution is 5.95. The second kappa shape index (κ2) is 12.1. The van der Waals surface area contributed by atoms with Crippen molar-refractivity contribution in [3.63, 3.8) is 0 Å². The van der Waals surface area contributed by atoms with Crippen LogP contribution in [0.4, 0.5) is 32.0 Å². The Bertz CT molecular complexity index is 1470. The molecule has 2 heterocycles. The van der Waals surface area contributed by atoms with Crippen molar-refractivity contribution in [2.75, 3.05) is 25.0 Å². The zero-order valence-electron chi connectivity index (χ0n) is 22.7. The van der Waals surface area contributed by atoms with Gasteiger partial charge in [0.1, 0.15) is 23.0 Å². The Balaban J connectivity index is 1.43. The summed E-state index contributed by atoms with van der Waals surface area (Å²) in [6.45, 7) is 4.74. The summed E-state index contributed by atoms with van der Waals surface area (Å²) in [4.78, 5) is 2.46. The average Bonchev–Trinajstić information content (AvgIpc) is 3.52. The molecule has 1 saturated heterocycles. The van der Waals surface area contributed by atoms with Crippen LogP contribution in [-0.2, 0) is 12.7 Å². The van der Waals surface area contributed by atoms with Crippen molar-refractivity contribution in [1.29, 1.82) is 0 Å². The predicted molar refractivity (Wildman–Crippen MR) is 148 cm³/mol. The van der Waals surface area contributed by atoms with E-state index in [9.17, 15) is 26.3 Å². The number of aromatic nitrogens is 2. The third kappa shape index (κ3) is 6.53. The molecule has 4 nitrogen and oxygen atoms in total. The fourth-order valence-corrected chi connectivity index (χ4v) is 5.55. The number of fused-ring (bicyclic) bond motifs is 1. The summed E-state index contributed by atoms with van der Waals surface area (Å²) < 4.78 is 85.1. The van der Waals surface area contributed by atoms with E-state index in [-0.39, 0.29) is 22.6 Å². The quantitative estimate of drug-likeness (QED) is 0.153. The van der Waals surface area contributed by atoms with E-state index in [4.69, 9.17) is 0 Å². The molecule has 1 aromatic heterocycles. The van der Waals surface area contributed by atoms with Gasteiger partial charge in [0.25, 0.3) is 0 Å². The maximum Gasteiger partial charge on any atom is 0.418 e. The van der Waals surface area contributed by atoms with E-state index in [1.165, 1.54) is 37.8 Å². The monoisotopic (exact) mass is 574 g/mol. The molecule has 1 aliphatic heterocycles. The summed E-state index contributed by atoms with van der Waals surface area (Å²) in [6.07, 6.45) is 1.23. The van der Waals surface area contributed by atoms with Gasteiger partial charge in [-0.25, -0.2) is 13.2 Å². The first-order valence-electron chi connectivity index (χ1n) is 13.9. The van der Waals surface area contributed by atoms with Gasteiger partial charge in [-0.3, -0.25) is 4.68 Å². The number of halogens is 6. The van der Waals surface area contributed by atoms with E-state index in [1.807, 2.05) is 12.1 Å². The lowest BCUT2D eigenvalue weighted by Crippen LogP contribution is -2.27. The number of hydrogen-bond donors (Lipinski definition) is 1. The highest BCUT2D eigenvalue weighted by Crippen LogP contribution is 2.38. The molecule has 1 N–H and O–H groups in total. The van der Waals surface area contributed by atoms with Gasteiger partial charge in [-0.15, -0.1) is 0 Å². The first-order chi connectivity index (χ1) is 19.6. The summed E-state index contributed by atoms with van der Waals surface area (Å²) in [5.41, 5.74) is -0.0931. The second-order valence-electron chi connectivity index (χ2n) is 10.6.